The Hall–Kier alpha value is -4.65. The number of fused-ring (bicyclic) bond motifs is 1. The van der Waals surface area contributed by atoms with Crippen LogP contribution in [0.3, 0.4) is 0 Å². The highest BCUT2D eigenvalue weighted by Crippen LogP contribution is 2.39. The summed E-state index contributed by atoms with van der Waals surface area (Å²) in [6, 6.07) is 15.7. The average Bonchev–Trinajstić information content (AvgIpc) is 3.07. The molecule has 250 valence electrons. The third-order valence-corrected chi connectivity index (χ3v) is 8.40. The van der Waals surface area contributed by atoms with E-state index < -0.39 is 23.2 Å². The zero-order valence-corrected chi connectivity index (χ0v) is 27.7. The molecular formula is C34H31Cl2F3N6O3. The van der Waals surface area contributed by atoms with Gasteiger partial charge in [0.1, 0.15) is 18.0 Å². The SMILES string of the molecule is CCN(CC)CCOc1ccc(Nc2ncc3cc(-c4c(Cl)ccc(NC(=O)c5cccc(C(F)(F)F)c5)c4Cl)c(=O)n(C)c3n2)cc1. The van der Waals surface area contributed by atoms with Crippen molar-refractivity contribution in [2.45, 2.75) is 20.0 Å². The fourth-order valence-electron chi connectivity index (χ4n) is 5.01. The molecule has 3 aromatic carbocycles. The van der Waals surface area contributed by atoms with Crippen molar-refractivity contribution in [1.82, 2.24) is 19.4 Å². The second kappa shape index (κ2) is 14.6. The fraction of sp³-hybridized carbons (Fsp3) is 0.235. The van der Waals surface area contributed by atoms with Crippen LogP contribution in [0.2, 0.25) is 10.0 Å². The Morgan fingerprint density at radius 1 is 1.02 bits per heavy atom. The minimum atomic E-state index is -4.62. The van der Waals surface area contributed by atoms with Crippen LogP contribution in [-0.4, -0.2) is 51.6 Å². The maximum Gasteiger partial charge on any atom is 0.416 e. The van der Waals surface area contributed by atoms with Crippen LogP contribution in [0.15, 0.2) is 77.7 Å². The number of amides is 1. The van der Waals surface area contributed by atoms with Crippen molar-refractivity contribution in [1.29, 1.82) is 0 Å². The first kappa shape index (κ1) is 34.7. The van der Waals surface area contributed by atoms with E-state index in [0.717, 1.165) is 49.3 Å². The average molecular weight is 700 g/mol. The van der Waals surface area contributed by atoms with E-state index in [1.807, 2.05) is 24.3 Å². The normalized spacial score (nSPS) is 11.6. The lowest BCUT2D eigenvalue weighted by Gasteiger charge is -2.18. The predicted octanol–water partition coefficient (Wildman–Crippen LogP) is 8.04. The second-order valence-corrected chi connectivity index (χ2v) is 11.5. The number of pyridine rings is 1. The molecule has 0 fully saturated rings. The second-order valence-electron chi connectivity index (χ2n) is 10.7. The van der Waals surface area contributed by atoms with Crippen molar-refractivity contribution in [3.05, 3.63) is 104 Å². The van der Waals surface area contributed by atoms with Crippen molar-refractivity contribution >= 4 is 57.5 Å². The largest absolute Gasteiger partial charge is 0.492 e. The van der Waals surface area contributed by atoms with Crippen LogP contribution in [0.1, 0.15) is 29.8 Å². The van der Waals surface area contributed by atoms with Gasteiger partial charge in [-0.1, -0.05) is 43.1 Å². The quantitative estimate of drug-likeness (QED) is 0.144. The topological polar surface area (TPSA) is 101 Å². The molecule has 48 heavy (non-hydrogen) atoms. The summed E-state index contributed by atoms with van der Waals surface area (Å²) in [5.74, 6) is 0.170. The Kier molecular flexibility index (Phi) is 10.6. The summed E-state index contributed by atoms with van der Waals surface area (Å²) in [7, 11) is 1.54. The number of nitrogens with one attached hydrogen (secondary N) is 2. The Morgan fingerprint density at radius 2 is 1.75 bits per heavy atom. The molecule has 0 saturated heterocycles. The Bertz CT molecular complexity index is 2020. The summed E-state index contributed by atoms with van der Waals surface area (Å²) < 4.78 is 46.7. The molecule has 14 heteroatoms. The van der Waals surface area contributed by atoms with Crippen molar-refractivity contribution in [3.63, 3.8) is 0 Å². The molecule has 0 unspecified atom stereocenters. The number of nitrogens with zero attached hydrogens (tertiary/aromatic N) is 4. The first-order valence-electron chi connectivity index (χ1n) is 15.0. The number of aromatic nitrogens is 3. The molecule has 0 aliphatic rings. The van der Waals surface area contributed by atoms with Gasteiger partial charge in [0.25, 0.3) is 11.5 Å². The monoisotopic (exact) mass is 698 g/mol. The van der Waals surface area contributed by atoms with Gasteiger partial charge in [-0.3, -0.25) is 14.2 Å². The number of hydrogen-bond donors (Lipinski definition) is 2. The molecule has 2 N–H and O–H groups in total. The predicted molar refractivity (Wildman–Crippen MR) is 183 cm³/mol. The van der Waals surface area contributed by atoms with Crippen molar-refractivity contribution in [2.24, 2.45) is 7.05 Å². The molecule has 9 nitrogen and oxygen atoms in total. The van der Waals surface area contributed by atoms with E-state index in [0.29, 0.717) is 17.6 Å². The van der Waals surface area contributed by atoms with Gasteiger partial charge in [-0.2, -0.15) is 18.2 Å². The molecule has 0 aliphatic carbocycles. The molecule has 2 heterocycles. The smallest absolute Gasteiger partial charge is 0.416 e. The van der Waals surface area contributed by atoms with Crippen LogP contribution in [-0.2, 0) is 13.2 Å². The molecule has 0 radical (unpaired) electrons. The van der Waals surface area contributed by atoms with Crippen LogP contribution >= 0.6 is 23.2 Å². The van der Waals surface area contributed by atoms with Crippen LogP contribution in [0.25, 0.3) is 22.2 Å². The fourth-order valence-corrected chi connectivity index (χ4v) is 5.63. The Balaban J connectivity index is 1.37. The zero-order chi connectivity index (χ0) is 34.6. The molecule has 0 atom stereocenters. The highest BCUT2D eigenvalue weighted by atomic mass is 35.5. The first-order valence-corrected chi connectivity index (χ1v) is 15.7. The summed E-state index contributed by atoms with van der Waals surface area (Å²) in [5, 5.41) is 6.20. The lowest BCUT2D eigenvalue weighted by molar-refractivity contribution is -0.137. The number of alkyl halides is 3. The van der Waals surface area contributed by atoms with E-state index in [1.54, 1.807) is 6.20 Å². The number of carbonyl (C=O) groups is 1. The van der Waals surface area contributed by atoms with Gasteiger partial charge in [-0.15, -0.1) is 0 Å². The van der Waals surface area contributed by atoms with E-state index >= 15 is 0 Å². The molecule has 0 aliphatic heterocycles. The van der Waals surface area contributed by atoms with Gasteiger partial charge in [0.05, 0.1) is 26.9 Å². The van der Waals surface area contributed by atoms with Crippen molar-refractivity contribution in [2.75, 3.05) is 36.9 Å². The number of likely N-dealkylation sites (N-methyl/N-ethyl adjacent to an activating group) is 1. The van der Waals surface area contributed by atoms with E-state index in [-0.39, 0.29) is 38.4 Å². The number of ether oxygens (including phenoxy) is 1. The lowest BCUT2D eigenvalue weighted by atomic mass is 10.0. The number of anilines is 3. The molecule has 1 amide bonds. The number of carbonyl (C=O) groups excluding carboxylic acids is 1. The highest BCUT2D eigenvalue weighted by Gasteiger charge is 2.31. The number of benzene rings is 3. The third kappa shape index (κ3) is 7.73. The standard InChI is InChI=1S/C34H31Cl2F3N6O3/c1-4-45(5-2)15-16-48-24-11-9-23(10-12-24)41-33-40-19-21-18-25(32(47)44(3)30(21)43-33)28-26(35)13-14-27(29(28)36)42-31(46)20-7-6-8-22(17-20)34(37,38)39/h6-14,17-19H,4-5,15-16H2,1-3H3,(H,42,46)(H,40,41,43). The van der Waals surface area contributed by atoms with Crippen LogP contribution in [0.4, 0.5) is 30.5 Å². The summed E-state index contributed by atoms with van der Waals surface area (Å²) >= 11 is 13.2. The minimum Gasteiger partial charge on any atom is -0.492 e. The van der Waals surface area contributed by atoms with Crippen LogP contribution < -0.4 is 20.9 Å². The van der Waals surface area contributed by atoms with E-state index in [2.05, 4.69) is 39.3 Å². The molecule has 0 saturated carbocycles. The highest BCUT2D eigenvalue weighted by molar-refractivity contribution is 6.41. The van der Waals surface area contributed by atoms with Gasteiger partial charge >= 0.3 is 6.18 Å². The first-order chi connectivity index (χ1) is 22.9. The van der Waals surface area contributed by atoms with Gasteiger partial charge < -0.3 is 20.3 Å². The van der Waals surface area contributed by atoms with E-state index in [4.69, 9.17) is 27.9 Å². The number of halogens is 5. The van der Waals surface area contributed by atoms with Gasteiger partial charge in [0.15, 0.2) is 0 Å². The number of rotatable bonds is 11. The molecule has 2 aromatic heterocycles. The summed E-state index contributed by atoms with van der Waals surface area (Å²) in [4.78, 5) is 37.7. The third-order valence-electron chi connectivity index (χ3n) is 7.69. The van der Waals surface area contributed by atoms with E-state index in [1.165, 1.54) is 35.9 Å². The molecule has 0 spiro atoms. The van der Waals surface area contributed by atoms with Gasteiger partial charge in [-0.25, -0.2) is 4.98 Å². The van der Waals surface area contributed by atoms with Crippen molar-refractivity contribution in [3.8, 4) is 16.9 Å². The molecular weight excluding hydrogens is 668 g/mol. The number of aryl methyl sites for hydroxylation is 1. The van der Waals surface area contributed by atoms with Crippen LogP contribution in [0.5, 0.6) is 5.75 Å². The maximum absolute atomic E-state index is 13.6. The zero-order valence-electron chi connectivity index (χ0n) is 26.2. The lowest BCUT2D eigenvalue weighted by Crippen LogP contribution is -2.27. The van der Waals surface area contributed by atoms with Crippen LogP contribution in [0, 0.1) is 0 Å². The van der Waals surface area contributed by atoms with Crippen molar-refractivity contribution < 1.29 is 22.7 Å². The summed E-state index contributed by atoms with van der Waals surface area (Å²) in [6.07, 6.45) is -3.08. The Morgan fingerprint density at radius 3 is 2.44 bits per heavy atom. The van der Waals surface area contributed by atoms with Gasteiger partial charge in [0, 0.05) is 42.0 Å². The number of hydrogen-bond acceptors (Lipinski definition) is 7. The van der Waals surface area contributed by atoms with E-state index in [9.17, 15) is 22.8 Å². The maximum atomic E-state index is 13.6. The van der Waals surface area contributed by atoms with Gasteiger partial charge in [-0.05, 0) is 73.8 Å². The van der Waals surface area contributed by atoms with Gasteiger partial charge in [0.2, 0.25) is 5.95 Å². The summed E-state index contributed by atoms with van der Waals surface area (Å²) in [6.45, 7) is 7.56. The minimum absolute atomic E-state index is 0.0525. The summed E-state index contributed by atoms with van der Waals surface area (Å²) in [5.41, 5.74) is -0.340. The molecule has 5 rings (SSSR count). The Labute approximate surface area is 284 Å². The molecule has 5 aromatic rings. The molecule has 0 bridgehead atoms.